The normalized spacial score (nSPS) is 12.2. The molecule has 16 heavy (non-hydrogen) atoms. The number of para-hydroxylation sites is 1. The van der Waals surface area contributed by atoms with E-state index < -0.39 is 6.04 Å². The summed E-state index contributed by atoms with van der Waals surface area (Å²) in [6, 6.07) is 7.23. The van der Waals surface area contributed by atoms with Gasteiger partial charge < -0.3 is 11.1 Å². The minimum absolute atomic E-state index is 0.113. The molecule has 0 fully saturated rings. The molecule has 1 aromatic carbocycles. The van der Waals surface area contributed by atoms with E-state index in [1.54, 1.807) is 11.8 Å². The molecule has 0 bridgehead atoms. The molecule has 0 heterocycles. The van der Waals surface area contributed by atoms with Crippen LogP contribution >= 0.6 is 34.4 Å². The molecule has 0 aliphatic carbocycles. The molecule has 3 nitrogen and oxygen atoms in total. The molecule has 0 aromatic heterocycles. The van der Waals surface area contributed by atoms with Gasteiger partial charge in [0, 0.05) is 3.57 Å². The Morgan fingerprint density at radius 2 is 2.25 bits per heavy atom. The van der Waals surface area contributed by atoms with E-state index in [4.69, 9.17) is 5.73 Å². The van der Waals surface area contributed by atoms with Crippen molar-refractivity contribution in [3.63, 3.8) is 0 Å². The van der Waals surface area contributed by atoms with Crippen LogP contribution < -0.4 is 11.1 Å². The lowest BCUT2D eigenvalue weighted by molar-refractivity contribution is -0.117. The average Bonchev–Trinajstić information content (AvgIpc) is 2.28. The monoisotopic (exact) mass is 350 g/mol. The van der Waals surface area contributed by atoms with E-state index in [9.17, 15) is 4.79 Å². The molecule has 0 saturated heterocycles. The number of hydrogen-bond acceptors (Lipinski definition) is 3. The highest BCUT2D eigenvalue weighted by atomic mass is 127. The van der Waals surface area contributed by atoms with E-state index in [0.717, 1.165) is 15.0 Å². The number of benzene rings is 1. The number of carbonyl (C=O) groups excluding carboxylic acids is 1. The van der Waals surface area contributed by atoms with Crippen molar-refractivity contribution in [1.29, 1.82) is 0 Å². The van der Waals surface area contributed by atoms with Gasteiger partial charge in [-0.3, -0.25) is 4.79 Å². The lowest BCUT2D eigenvalue weighted by atomic mass is 10.2. The van der Waals surface area contributed by atoms with Crippen molar-refractivity contribution in [2.75, 3.05) is 17.3 Å². The van der Waals surface area contributed by atoms with Crippen LogP contribution in [0.3, 0.4) is 0 Å². The van der Waals surface area contributed by atoms with Crippen LogP contribution in [0.2, 0.25) is 0 Å². The zero-order valence-corrected chi connectivity index (χ0v) is 12.0. The SMILES string of the molecule is CSCC[C@@H](N)C(=O)Nc1ccccc1I. The minimum atomic E-state index is -0.427. The van der Waals surface area contributed by atoms with Gasteiger partial charge in [0.25, 0.3) is 0 Å². The topological polar surface area (TPSA) is 55.1 Å². The number of thioether (sulfide) groups is 1. The summed E-state index contributed by atoms with van der Waals surface area (Å²) >= 11 is 3.88. The van der Waals surface area contributed by atoms with E-state index >= 15 is 0 Å². The Kier molecular flexibility index (Phi) is 6.15. The maximum atomic E-state index is 11.7. The van der Waals surface area contributed by atoms with Crippen LogP contribution in [0, 0.1) is 3.57 Å². The maximum Gasteiger partial charge on any atom is 0.241 e. The third kappa shape index (κ3) is 4.31. The Labute approximate surface area is 114 Å². The summed E-state index contributed by atoms with van der Waals surface area (Å²) in [6.07, 6.45) is 2.71. The molecule has 1 amide bonds. The van der Waals surface area contributed by atoms with Gasteiger partial charge in [-0.25, -0.2) is 0 Å². The Morgan fingerprint density at radius 3 is 2.88 bits per heavy atom. The van der Waals surface area contributed by atoms with Gasteiger partial charge in [-0.2, -0.15) is 11.8 Å². The van der Waals surface area contributed by atoms with Crippen molar-refractivity contribution >= 4 is 45.9 Å². The molecular formula is C11H15IN2OS. The molecular weight excluding hydrogens is 335 g/mol. The second-order valence-corrected chi connectivity index (χ2v) is 5.50. The number of rotatable bonds is 5. The number of halogens is 1. The highest BCUT2D eigenvalue weighted by molar-refractivity contribution is 14.1. The van der Waals surface area contributed by atoms with E-state index in [-0.39, 0.29) is 5.91 Å². The molecule has 0 unspecified atom stereocenters. The first-order valence-corrected chi connectivity index (χ1v) is 7.42. The highest BCUT2D eigenvalue weighted by Gasteiger charge is 2.13. The Morgan fingerprint density at radius 1 is 1.56 bits per heavy atom. The highest BCUT2D eigenvalue weighted by Crippen LogP contribution is 2.17. The van der Waals surface area contributed by atoms with Crippen LogP contribution in [0.25, 0.3) is 0 Å². The molecule has 3 N–H and O–H groups in total. The summed E-state index contributed by atoms with van der Waals surface area (Å²) in [5.41, 5.74) is 6.60. The number of amides is 1. The van der Waals surface area contributed by atoms with Crippen molar-refractivity contribution in [3.8, 4) is 0 Å². The van der Waals surface area contributed by atoms with Crippen LogP contribution in [-0.2, 0) is 4.79 Å². The fourth-order valence-electron chi connectivity index (χ4n) is 1.16. The van der Waals surface area contributed by atoms with Gasteiger partial charge in [-0.1, -0.05) is 12.1 Å². The molecule has 0 spiro atoms. The number of hydrogen-bond donors (Lipinski definition) is 2. The van der Waals surface area contributed by atoms with E-state index in [1.807, 2.05) is 30.5 Å². The average molecular weight is 350 g/mol. The summed E-state index contributed by atoms with van der Waals surface area (Å²) in [7, 11) is 0. The Hall–Kier alpha value is -0.270. The van der Waals surface area contributed by atoms with Gasteiger partial charge in [-0.05, 0) is 53.2 Å². The summed E-state index contributed by atoms with van der Waals surface area (Å²) < 4.78 is 1.02. The molecule has 0 radical (unpaired) electrons. The van der Waals surface area contributed by atoms with Crippen molar-refractivity contribution in [3.05, 3.63) is 27.8 Å². The van der Waals surface area contributed by atoms with Crippen molar-refractivity contribution in [2.45, 2.75) is 12.5 Å². The predicted octanol–water partition coefficient (Wildman–Crippen LogP) is 2.31. The number of anilines is 1. The second kappa shape index (κ2) is 7.13. The molecule has 0 aliphatic heterocycles. The number of nitrogens with one attached hydrogen (secondary N) is 1. The fraction of sp³-hybridized carbons (Fsp3) is 0.364. The van der Waals surface area contributed by atoms with Crippen LogP contribution in [0.15, 0.2) is 24.3 Å². The van der Waals surface area contributed by atoms with Crippen molar-refractivity contribution < 1.29 is 4.79 Å². The molecule has 5 heteroatoms. The largest absolute Gasteiger partial charge is 0.324 e. The van der Waals surface area contributed by atoms with Gasteiger partial charge in [-0.15, -0.1) is 0 Å². The molecule has 1 rings (SSSR count). The Balaban J connectivity index is 2.54. The number of nitrogens with two attached hydrogens (primary N) is 1. The summed E-state index contributed by atoms with van der Waals surface area (Å²) in [5, 5.41) is 2.84. The van der Waals surface area contributed by atoms with Gasteiger partial charge in [0.2, 0.25) is 5.91 Å². The molecule has 0 saturated carbocycles. The van der Waals surface area contributed by atoms with Gasteiger partial charge in [0.15, 0.2) is 0 Å². The van der Waals surface area contributed by atoms with E-state index in [0.29, 0.717) is 6.42 Å². The fourth-order valence-corrected chi connectivity index (χ4v) is 2.18. The number of carbonyl (C=O) groups is 1. The maximum absolute atomic E-state index is 11.7. The first-order chi connectivity index (χ1) is 7.65. The van der Waals surface area contributed by atoms with Crippen LogP contribution in [0.1, 0.15) is 6.42 Å². The van der Waals surface area contributed by atoms with Crippen molar-refractivity contribution in [2.24, 2.45) is 5.73 Å². The summed E-state index contributed by atoms with van der Waals surface area (Å²) in [6.45, 7) is 0. The Bertz CT molecular complexity index is 360. The smallest absolute Gasteiger partial charge is 0.241 e. The molecule has 88 valence electrons. The van der Waals surface area contributed by atoms with Crippen LogP contribution in [0.5, 0.6) is 0 Å². The molecule has 1 atom stereocenters. The first kappa shape index (κ1) is 13.8. The summed E-state index contributed by atoms with van der Waals surface area (Å²) in [4.78, 5) is 11.7. The van der Waals surface area contributed by atoms with Crippen molar-refractivity contribution in [1.82, 2.24) is 0 Å². The lowest BCUT2D eigenvalue weighted by Gasteiger charge is -2.12. The lowest BCUT2D eigenvalue weighted by Crippen LogP contribution is -2.36. The van der Waals surface area contributed by atoms with E-state index in [2.05, 4.69) is 27.9 Å². The third-order valence-electron chi connectivity index (χ3n) is 2.10. The van der Waals surface area contributed by atoms with Crippen LogP contribution in [-0.4, -0.2) is 24.0 Å². The quantitative estimate of drug-likeness (QED) is 0.802. The standard InChI is InChI=1S/C11H15IN2OS/c1-16-7-6-9(13)11(15)14-10-5-3-2-4-8(10)12/h2-5,9H,6-7,13H2,1H3,(H,14,15)/t9-/m1/s1. The second-order valence-electron chi connectivity index (χ2n) is 3.36. The van der Waals surface area contributed by atoms with Gasteiger partial charge in [0.05, 0.1) is 11.7 Å². The minimum Gasteiger partial charge on any atom is -0.324 e. The van der Waals surface area contributed by atoms with Gasteiger partial charge >= 0.3 is 0 Å². The summed E-state index contributed by atoms with van der Waals surface area (Å²) in [5.74, 6) is 0.790. The zero-order chi connectivity index (χ0) is 12.0. The molecule has 0 aliphatic rings. The predicted molar refractivity (Wildman–Crippen MR) is 78.8 cm³/mol. The van der Waals surface area contributed by atoms with E-state index in [1.165, 1.54) is 0 Å². The van der Waals surface area contributed by atoms with Crippen LogP contribution in [0.4, 0.5) is 5.69 Å². The molecule has 1 aromatic rings. The third-order valence-corrected chi connectivity index (χ3v) is 3.69. The van der Waals surface area contributed by atoms with Gasteiger partial charge in [0.1, 0.15) is 0 Å². The first-order valence-electron chi connectivity index (χ1n) is 4.95. The zero-order valence-electron chi connectivity index (χ0n) is 9.07.